The molecule has 3 nitrogen and oxygen atoms in total. The van der Waals surface area contributed by atoms with E-state index in [1.54, 1.807) is 0 Å². The lowest BCUT2D eigenvalue weighted by Gasteiger charge is -2.15. The molecule has 0 fully saturated rings. The molecule has 0 radical (unpaired) electrons. The smallest absolute Gasteiger partial charge is 0.195 e. The molecule has 0 unspecified atom stereocenters. The molecule has 1 aromatic rings. The molecule has 1 aliphatic rings. The van der Waals surface area contributed by atoms with Crippen LogP contribution in [-0.2, 0) is 0 Å². The van der Waals surface area contributed by atoms with E-state index in [1.807, 2.05) is 11.8 Å². The molecule has 2 N–H and O–H groups in total. The Labute approximate surface area is 121 Å². The lowest BCUT2D eigenvalue weighted by Crippen LogP contribution is -2.26. The van der Waals surface area contributed by atoms with Crippen molar-refractivity contribution >= 4 is 39.3 Å². The van der Waals surface area contributed by atoms with Crippen LogP contribution in [-0.4, -0.2) is 24.8 Å². The second-order valence-corrected chi connectivity index (χ2v) is 6.17. The summed E-state index contributed by atoms with van der Waals surface area (Å²) in [6.07, 6.45) is 1.19. The van der Waals surface area contributed by atoms with Crippen molar-refractivity contribution in [3.05, 3.63) is 22.2 Å². The van der Waals surface area contributed by atoms with Crippen molar-refractivity contribution in [1.82, 2.24) is 5.32 Å². The van der Waals surface area contributed by atoms with Crippen LogP contribution in [0.2, 0.25) is 0 Å². The zero-order valence-corrected chi connectivity index (χ0v) is 13.1. The van der Waals surface area contributed by atoms with Crippen molar-refractivity contribution in [2.45, 2.75) is 25.2 Å². The highest BCUT2D eigenvalue weighted by Gasteiger charge is 2.12. The van der Waals surface area contributed by atoms with Gasteiger partial charge in [-0.05, 0) is 52.7 Å². The quantitative estimate of drug-likeness (QED) is 0.829. The fraction of sp³-hybridized carbons (Fsp3) is 0.462. The summed E-state index contributed by atoms with van der Waals surface area (Å²) < 4.78 is 1.08. The Morgan fingerprint density at radius 1 is 1.50 bits per heavy atom. The third-order valence-corrected chi connectivity index (χ3v) is 4.77. The summed E-state index contributed by atoms with van der Waals surface area (Å²) in [5.74, 6) is 2.03. The molecular formula is C13H18BrN3S. The Balaban J connectivity index is 2.21. The summed E-state index contributed by atoms with van der Waals surface area (Å²) in [6.45, 7) is 6.13. The summed E-state index contributed by atoms with van der Waals surface area (Å²) in [7, 11) is 0. The van der Waals surface area contributed by atoms with E-state index in [0.717, 1.165) is 35.0 Å². The van der Waals surface area contributed by atoms with E-state index in [2.05, 4.69) is 57.5 Å². The van der Waals surface area contributed by atoms with Crippen LogP contribution in [0.3, 0.4) is 0 Å². The number of guanidine groups is 1. The summed E-state index contributed by atoms with van der Waals surface area (Å²) in [6, 6.07) is 4.28. The molecule has 0 atom stereocenters. The SMILES string of the molecule is CCCSc1ccc(Br)c(NC2=NCCN2)c1C. The van der Waals surface area contributed by atoms with Gasteiger partial charge in [0.25, 0.3) is 0 Å². The molecular weight excluding hydrogens is 310 g/mol. The summed E-state index contributed by atoms with van der Waals surface area (Å²) in [4.78, 5) is 5.71. The second kappa shape index (κ2) is 6.48. The Bertz CT molecular complexity index is 460. The molecule has 18 heavy (non-hydrogen) atoms. The van der Waals surface area contributed by atoms with Crippen LogP contribution in [0.1, 0.15) is 18.9 Å². The van der Waals surface area contributed by atoms with Crippen LogP contribution in [0.25, 0.3) is 0 Å². The van der Waals surface area contributed by atoms with Crippen LogP contribution in [0.4, 0.5) is 5.69 Å². The molecule has 0 amide bonds. The molecule has 5 heteroatoms. The van der Waals surface area contributed by atoms with Crippen LogP contribution in [0.15, 0.2) is 26.5 Å². The molecule has 0 aromatic heterocycles. The molecule has 0 spiro atoms. The molecule has 0 aliphatic carbocycles. The predicted octanol–water partition coefficient (Wildman–Crippen LogP) is 3.63. The van der Waals surface area contributed by atoms with Gasteiger partial charge in [-0.3, -0.25) is 4.99 Å². The standard InChI is InChI=1S/C13H18BrN3S/c1-3-8-18-11-5-4-10(14)12(9(11)2)17-13-15-6-7-16-13/h4-5H,3,6-8H2,1-2H3,(H2,15,16,17). The molecule has 1 aromatic carbocycles. The Kier molecular flexibility index (Phi) is 4.95. The monoisotopic (exact) mass is 327 g/mol. The van der Waals surface area contributed by atoms with E-state index in [0.29, 0.717) is 0 Å². The number of rotatable bonds is 4. The minimum absolute atomic E-state index is 0.850. The van der Waals surface area contributed by atoms with E-state index in [1.165, 1.54) is 16.9 Å². The van der Waals surface area contributed by atoms with Crippen molar-refractivity contribution in [2.24, 2.45) is 4.99 Å². The number of anilines is 1. The largest absolute Gasteiger partial charge is 0.354 e. The van der Waals surface area contributed by atoms with Crippen molar-refractivity contribution in [2.75, 3.05) is 24.2 Å². The van der Waals surface area contributed by atoms with E-state index >= 15 is 0 Å². The molecule has 0 saturated heterocycles. The lowest BCUT2D eigenvalue weighted by atomic mass is 10.2. The van der Waals surface area contributed by atoms with Gasteiger partial charge in [-0.25, -0.2) is 0 Å². The number of aliphatic imine (C=N–C) groups is 1. The highest BCUT2D eigenvalue weighted by atomic mass is 79.9. The van der Waals surface area contributed by atoms with Gasteiger partial charge in [0.2, 0.25) is 0 Å². The van der Waals surface area contributed by atoms with E-state index < -0.39 is 0 Å². The first-order valence-corrected chi connectivity index (χ1v) is 7.97. The van der Waals surface area contributed by atoms with E-state index in [4.69, 9.17) is 0 Å². The second-order valence-electron chi connectivity index (χ2n) is 4.18. The van der Waals surface area contributed by atoms with E-state index in [-0.39, 0.29) is 0 Å². The minimum Gasteiger partial charge on any atom is -0.354 e. The Morgan fingerprint density at radius 3 is 3.00 bits per heavy atom. The first kappa shape index (κ1) is 13.7. The maximum absolute atomic E-state index is 4.37. The van der Waals surface area contributed by atoms with Gasteiger partial charge in [-0.1, -0.05) is 6.92 Å². The molecule has 0 saturated carbocycles. The topological polar surface area (TPSA) is 36.4 Å². The summed E-state index contributed by atoms with van der Waals surface area (Å²) in [5.41, 5.74) is 2.39. The third kappa shape index (κ3) is 3.20. The van der Waals surface area contributed by atoms with Gasteiger partial charge in [-0.15, -0.1) is 11.8 Å². The van der Waals surface area contributed by atoms with E-state index in [9.17, 15) is 0 Å². The van der Waals surface area contributed by atoms with Crippen molar-refractivity contribution in [1.29, 1.82) is 0 Å². The highest BCUT2D eigenvalue weighted by Crippen LogP contribution is 2.34. The maximum atomic E-state index is 4.37. The first-order chi connectivity index (χ1) is 8.72. The molecule has 1 heterocycles. The minimum atomic E-state index is 0.850. The fourth-order valence-electron chi connectivity index (χ4n) is 1.78. The summed E-state index contributed by atoms with van der Waals surface area (Å²) >= 11 is 5.51. The van der Waals surface area contributed by atoms with Crippen LogP contribution in [0, 0.1) is 6.92 Å². The Hall–Kier alpha value is -0.680. The van der Waals surface area contributed by atoms with Gasteiger partial charge in [0.05, 0.1) is 12.2 Å². The van der Waals surface area contributed by atoms with Gasteiger partial charge < -0.3 is 10.6 Å². The van der Waals surface area contributed by atoms with Gasteiger partial charge in [-0.2, -0.15) is 0 Å². The number of hydrogen-bond donors (Lipinski definition) is 2. The van der Waals surface area contributed by atoms with Crippen LogP contribution < -0.4 is 10.6 Å². The zero-order valence-electron chi connectivity index (χ0n) is 10.7. The van der Waals surface area contributed by atoms with Crippen LogP contribution >= 0.6 is 27.7 Å². The molecule has 98 valence electrons. The molecule has 0 bridgehead atoms. The molecule has 1 aliphatic heterocycles. The summed E-state index contributed by atoms with van der Waals surface area (Å²) in [5, 5.41) is 6.61. The lowest BCUT2D eigenvalue weighted by molar-refractivity contribution is 0.959. The van der Waals surface area contributed by atoms with Gasteiger partial charge in [0, 0.05) is 15.9 Å². The van der Waals surface area contributed by atoms with Crippen LogP contribution in [0.5, 0.6) is 0 Å². The predicted molar refractivity (Wildman–Crippen MR) is 83.8 cm³/mol. The zero-order chi connectivity index (χ0) is 13.0. The average Bonchev–Trinajstić information content (AvgIpc) is 2.86. The number of benzene rings is 1. The highest BCUT2D eigenvalue weighted by molar-refractivity contribution is 9.10. The Morgan fingerprint density at radius 2 is 2.33 bits per heavy atom. The van der Waals surface area contributed by atoms with Gasteiger partial charge >= 0.3 is 0 Å². The van der Waals surface area contributed by atoms with Crippen molar-refractivity contribution < 1.29 is 0 Å². The van der Waals surface area contributed by atoms with Gasteiger partial charge in [0.15, 0.2) is 5.96 Å². The first-order valence-electron chi connectivity index (χ1n) is 6.19. The molecule has 2 rings (SSSR count). The fourth-order valence-corrected chi connectivity index (χ4v) is 3.22. The van der Waals surface area contributed by atoms with Crippen molar-refractivity contribution in [3.8, 4) is 0 Å². The average molecular weight is 328 g/mol. The maximum Gasteiger partial charge on any atom is 0.195 e. The number of hydrogen-bond acceptors (Lipinski definition) is 4. The normalized spacial score (nSPS) is 14.3. The number of nitrogens with one attached hydrogen (secondary N) is 2. The number of halogens is 1. The third-order valence-electron chi connectivity index (χ3n) is 2.74. The number of thioether (sulfide) groups is 1. The van der Waals surface area contributed by atoms with Crippen molar-refractivity contribution in [3.63, 3.8) is 0 Å². The van der Waals surface area contributed by atoms with Gasteiger partial charge in [0.1, 0.15) is 0 Å². The number of nitrogens with zero attached hydrogens (tertiary/aromatic N) is 1.